The van der Waals surface area contributed by atoms with Crippen LogP contribution in [0.3, 0.4) is 0 Å². The first-order valence-electron chi connectivity index (χ1n) is 5.17. The molecule has 0 bridgehead atoms. The summed E-state index contributed by atoms with van der Waals surface area (Å²) in [5, 5.41) is 19.0. The molecule has 92 valence electrons. The number of aliphatic hydroxyl groups is 1. The second-order valence-corrected chi connectivity index (χ2v) is 4.44. The van der Waals surface area contributed by atoms with Crippen LogP contribution in [0.25, 0.3) is 0 Å². The smallest absolute Gasteiger partial charge is 0.269 e. The van der Waals surface area contributed by atoms with E-state index in [1.807, 2.05) is 0 Å². The van der Waals surface area contributed by atoms with Crippen molar-refractivity contribution in [2.75, 3.05) is 24.7 Å². The predicted octanol–water partition coefficient (Wildman–Crippen LogP) is 1.74. The van der Waals surface area contributed by atoms with E-state index in [2.05, 4.69) is 4.99 Å². The first-order chi connectivity index (χ1) is 8.24. The topological polar surface area (TPSA) is 75.7 Å². The molecule has 0 aliphatic carbocycles. The fourth-order valence-electron chi connectivity index (χ4n) is 1.14. The molecule has 0 fully saturated rings. The SMILES string of the molecule is O=[N+]([O-])c1ccc(C=NCCSCCO)cc1. The van der Waals surface area contributed by atoms with Crippen LogP contribution < -0.4 is 0 Å². The molecule has 1 aromatic carbocycles. The van der Waals surface area contributed by atoms with E-state index in [0.717, 1.165) is 17.1 Å². The highest BCUT2D eigenvalue weighted by Crippen LogP contribution is 2.10. The van der Waals surface area contributed by atoms with Crippen molar-refractivity contribution in [1.82, 2.24) is 0 Å². The summed E-state index contributed by atoms with van der Waals surface area (Å²) in [6, 6.07) is 6.26. The number of hydrogen-bond acceptors (Lipinski definition) is 5. The van der Waals surface area contributed by atoms with Gasteiger partial charge in [0.25, 0.3) is 5.69 Å². The third kappa shape index (κ3) is 5.46. The van der Waals surface area contributed by atoms with Gasteiger partial charge in [0.15, 0.2) is 0 Å². The van der Waals surface area contributed by atoms with Gasteiger partial charge in [-0.15, -0.1) is 0 Å². The highest BCUT2D eigenvalue weighted by Gasteiger charge is 2.02. The zero-order valence-corrected chi connectivity index (χ0v) is 10.1. The Balaban J connectivity index is 2.36. The van der Waals surface area contributed by atoms with E-state index in [1.54, 1.807) is 30.1 Å². The van der Waals surface area contributed by atoms with Crippen molar-refractivity contribution in [2.45, 2.75) is 0 Å². The summed E-state index contributed by atoms with van der Waals surface area (Å²) in [6.45, 7) is 0.873. The molecule has 1 aromatic rings. The summed E-state index contributed by atoms with van der Waals surface area (Å²) in [6.07, 6.45) is 1.70. The number of rotatable bonds is 7. The molecule has 0 amide bonds. The summed E-state index contributed by atoms with van der Waals surface area (Å²) in [4.78, 5) is 14.2. The van der Waals surface area contributed by atoms with Crippen LogP contribution in [-0.4, -0.2) is 40.9 Å². The van der Waals surface area contributed by atoms with Crippen molar-refractivity contribution in [2.24, 2.45) is 4.99 Å². The Kier molecular flexibility index (Phi) is 6.27. The van der Waals surface area contributed by atoms with Gasteiger partial charge in [-0.05, 0) is 17.7 Å². The minimum Gasteiger partial charge on any atom is -0.396 e. The molecule has 0 unspecified atom stereocenters. The average Bonchev–Trinajstić information content (AvgIpc) is 2.34. The molecule has 0 heterocycles. The highest BCUT2D eigenvalue weighted by molar-refractivity contribution is 7.99. The molecule has 0 saturated carbocycles. The van der Waals surface area contributed by atoms with Crippen LogP contribution in [0.15, 0.2) is 29.3 Å². The van der Waals surface area contributed by atoms with Gasteiger partial charge in [0.1, 0.15) is 0 Å². The van der Waals surface area contributed by atoms with Crippen LogP contribution in [0.2, 0.25) is 0 Å². The highest BCUT2D eigenvalue weighted by atomic mass is 32.2. The molecular weight excluding hydrogens is 240 g/mol. The van der Waals surface area contributed by atoms with Gasteiger partial charge in [-0.2, -0.15) is 11.8 Å². The fourth-order valence-corrected chi connectivity index (χ4v) is 1.70. The Bertz CT molecular complexity index is 379. The molecule has 5 nitrogen and oxygen atoms in total. The predicted molar refractivity (Wildman–Crippen MR) is 70.0 cm³/mol. The maximum atomic E-state index is 10.4. The van der Waals surface area contributed by atoms with E-state index in [9.17, 15) is 10.1 Å². The number of thioether (sulfide) groups is 1. The number of non-ortho nitro benzene ring substituents is 1. The van der Waals surface area contributed by atoms with E-state index < -0.39 is 4.92 Å². The van der Waals surface area contributed by atoms with Crippen molar-refractivity contribution in [3.8, 4) is 0 Å². The van der Waals surface area contributed by atoms with Crippen molar-refractivity contribution in [3.05, 3.63) is 39.9 Å². The van der Waals surface area contributed by atoms with E-state index in [0.29, 0.717) is 6.54 Å². The largest absolute Gasteiger partial charge is 0.396 e. The van der Waals surface area contributed by atoms with E-state index in [1.165, 1.54) is 12.1 Å². The molecular formula is C11H14N2O3S. The molecule has 17 heavy (non-hydrogen) atoms. The number of nitrogens with zero attached hydrogens (tertiary/aromatic N) is 2. The van der Waals surface area contributed by atoms with Crippen molar-refractivity contribution in [1.29, 1.82) is 0 Å². The van der Waals surface area contributed by atoms with Crippen LogP contribution in [0.4, 0.5) is 5.69 Å². The molecule has 0 aliphatic heterocycles. The molecule has 1 rings (SSSR count). The van der Waals surface area contributed by atoms with Gasteiger partial charge in [-0.1, -0.05) is 0 Å². The zero-order chi connectivity index (χ0) is 12.5. The van der Waals surface area contributed by atoms with E-state index >= 15 is 0 Å². The Morgan fingerprint density at radius 2 is 2.06 bits per heavy atom. The second kappa shape index (κ2) is 7.81. The Hall–Kier alpha value is -1.40. The van der Waals surface area contributed by atoms with Crippen LogP contribution >= 0.6 is 11.8 Å². The van der Waals surface area contributed by atoms with Gasteiger partial charge in [-0.25, -0.2) is 0 Å². The summed E-state index contributed by atoms with van der Waals surface area (Å²) < 4.78 is 0. The lowest BCUT2D eigenvalue weighted by Gasteiger charge is -1.95. The monoisotopic (exact) mass is 254 g/mol. The second-order valence-electron chi connectivity index (χ2n) is 3.22. The summed E-state index contributed by atoms with van der Waals surface area (Å²) in [7, 11) is 0. The first kappa shape index (κ1) is 13.7. The third-order valence-electron chi connectivity index (χ3n) is 1.94. The number of hydrogen-bond donors (Lipinski definition) is 1. The normalized spacial score (nSPS) is 10.9. The van der Waals surface area contributed by atoms with Crippen molar-refractivity contribution < 1.29 is 10.0 Å². The van der Waals surface area contributed by atoms with Crippen LogP contribution in [0.5, 0.6) is 0 Å². The summed E-state index contributed by atoms with van der Waals surface area (Å²) >= 11 is 1.64. The Morgan fingerprint density at radius 1 is 1.35 bits per heavy atom. The lowest BCUT2D eigenvalue weighted by Crippen LogP contribution is -1.92. The van der Waals surface area contributed by atoms with Crippen LogP contribution in [0.1, 0.15) is 5.56 Å². The molecule has 0 spiro atoms. The zero-order valence-electron chi connectivity index (χ0n) is 9.28. The van der Waals surface area contributed by atoms with Gasteiger partial charge in [-0.3, -0.25) is 15.1 Å². The molecule has 0 atom stereocenters. The van der Waals surface area contributed by atoms with Crippen molar-refractivity contribution in [3.63, 3.8) is 0 Å². The third-order valence-corrected chi connectivity index (χ3v) is 2.89. The lowest BCUT2D eigenvalue weighted by molar-refractivity contribution is -0.384. The Morgan fingerprint density at radius 3 is 2.65 bits per heavy atom. The molecule has 0 saturated heterocycles. The van der Waals surface area contributed by atoms with Gasteiger partial charge in [0.05, 0.1) is 11.5 Å². The van der Waals surface area contributed by atoms with Crippen molar-refractivity contribution >= 4 is 23.7 Å². The first-order valence-corrected chi connectivity index (χ1v) is 6.32. The fraction of sp³-hybridized carbons (Fsp3) is 0.364. The summed E-state index contributed by atoms with van der Waals surface area (Å²) in [5.74, 6) is 1.59. The molecule has 6 heteroatoms. The molecule has 0 aliphatic rings. The van der Waals surface area contributed by atoms with E-state index in [-0.39, 0.29) is 12.3 Å². The maximum Gasteiger partial charge on any atom is 0.269 e. The quantitative estimate of drug-likeness (QED) is 0.348. The molecule has 1 N–H and O–H groups in total. The maximum absolute atomic E-state index is 10.4. The standard InChI is InChI=1S/C11H14N2O3S/c14-6-8-17-7-5-12-9-10-1-3-11(4-2-10)13(15)16/h1-4,9,14H,5-8H2. The van der Waals surface area contributed by atoms with Gasteiger partial charge in [0.2, 0.25) is 0 Å². The van der Waals surface area contributed by atoms with E-state index in [4.69, 9.17) is 5.11 Å². The number of aliphatic imine (C=N–C) groups is 1. The minimum atomic E-state index is -0.424. The number of nitro benzene ring substituents is 1. The van der Waals surface area contributed by atoms with Crippen LogP contribution in [-0.2, 0) is 0 Å². The Labute approximate surface area is 104 Å². The molecule has 0 aromatic heterocycles. The number of benzene rings is 1. The average molecular weight is 254 g/mol. The number of nitro groups is 1. The number of aliphatic hydroxyl groups excluding tert-OH is 1. The van der Waals surface area contributed by atoms with Gasteiger partial charge < -0.3 is 5.11 Å². The summed E-state index contributed by atoms with van der Waals surface area (Å²) in [5.41, 5.74) is 0.934. The van der Waals surface area contributed by atoms with Gasteiger partial charge >= 0.3 is 0 Å². The lowest BCUT2D eigenvalue weighted by atomic mass is 10.2. The van der Waals surface area contributed by atoms with Gasteiger partial charge in [0, 0.05) is 36.4 Å². The van der Waals surface area contributed by atoms with Crippen LogP contribution in [0, 0.1) is 10.1 Å². The molecule has 0 radical (unpaired) electrons. The minimum absolute atomic E-state index is 0.0839.